The van der Waals surface area contributed by atoms with Gasteiger partial charge in [0.25, 0.3) is 0 Å². The number of carbonyl (C=O) groups is 1. The van der Waals surface area contributed by atoms with E-state index in [1.165, 1.54) is 12.1 Å². The monoisotopic (exact) mass is 377 g/mol. The van der Waals surface area contributed by atoms with Gasteiger partial charge >= 0.3 is 0 Å². The van der Waals surface area contributed by atoms with Gasteiger partial charge in [-0.1, -0.05) is 6.42 Å². The maximum absolute atomic E-state index is 13.0. The van der Waals surface area contributed by atoms with Gasteiger partial charge in [-0.2, -0.15) is 0 Å². The number of anilines is 1. The molecule has 2 fully saturated rings. The topological polar surface area (TPSA) is 49.6 Å². The molecule has 0 aromatic heterocycles. The largest absolute Gasteiger partial charge is 0.368 e. The Hall–Kier alpha value is -1.04. The van der Waals surface area contributed by atoms with E-state index in [4.69, 9.17) is 5.73 Å². The Balaban J connectivity index is 0.00000144. The van der Waals surface area contributed by atoms with Gasteiger partial charge in [-0.25, -0.2) is 4.39 Å². The number of rotatable bonds is 3. The number of nitrogens with zero attached hydrogens (tertiary/aromatic N) is 2. The Morgan fingerprint density at radius 3 is 2.29 bits per heavy atom. The number of carbonyl (C=O) groups excluding carboxylic acids is 1. The van der Waals surface area contributed by atoms with E-state index in [0.29, 0.717) is 12.5 Å². The standard InChI is InChI=1S/C17H24FN3O.2ClH/c18-14-4-6-15(7-5-14)20-8-10-21(11-9-20)17(22)16-3-1-2-13(16)12-19;;/h4-7,13,16H,1-3,8-12,19H2;2*1H/t13-,16-;;/m1../s1. The zero-order valence-corrected chi connectivity index (χ0v) is 15.3. The van der Waals surface area contributed by atoms with E-state index in [-0.39, 0.29) is 42.5 Å². The Bertz CT molecular complexity index is 521. The molecule has 136 valence electrons. The van der Waals surface area contributed by atoms with E-state index in [2.05, 4.69) is 4.90 Å². The molecule has 1 saturated carbocycles. The molecular weight excluding hydrogens is 352 g/mol. The second kappa shape index (κ2) is 9.44. The highest BCUT2D eigenvalue weighted by molar-refractivity contribution is 5.85. The normalized spacial score (nSPS) is 23.4. The van der Waals surface area contributed by atoms with Crippen LogP contribution in [0.1, 0.15) is 19.3 Å². The number of nitrogens with two attached hydrogens (primary N) is 1. The fourth-order valence-electron chi connectivity index (χ4n) is 3.72. The fourth-order valence-corrected chi connectivity index (χ4v) is 3.72. The molecule has 0 spiro atoms. The molecule has 1 amide bonds. The zero-order valence-electron chi connectivity index (χ0n) is 13.7. The lowest BCUT2D eigenvalue weighted by atomic mass is 9.94. The molecule has 1 heterocycles. The van der Waals surface area contributed by atoms with E-state index in [9.17, 15) is 9.18 Å². The summed E-state index contributed by atoms with van der Waals surface area (Å²) in [6.07, 6.45) is 3.19. The van der Waals surface area contributed by atoms with Gasteiger partial charge in [-0.15, -0.1) is 24.8 Å². The van der Waals surface area contributed by atoms with Crippen LogP contribution < -0.4 is 10.6 Å². The molecule has 0 radical (unpaired) electrons. The van der Waals surface area contributed by atoms with Gasteiger partial charge in [0.15, 0.2) is 0 Å². The molecule has 24 heavy (non-hydrogen) atoms. The van der Waals surface area contributed by atoms with Gasteiger partial charge in [0.05, 0.1) is 0 Å². The molecule has 1 aliphatic heterocycles. The molecule has 0 unspecified atom stereocenters. The van der Waals surface area contributed by atoms with Gasteiger partial charge in [-0.05, 0) is 49.6 Å². The van der Waals surface area contributed by atoms with Gasteiger partial charge < -0.3 is 15.5 Å². The van der Waals surface area contributed by atoms with Crippen molar-refractivity contribution >= 4 is 36.4 Å². The molecule has 1 aromatic rings. The first-order chi connectivity index (χ1) is 10.7. The predicted molar refractivity (Wildman–Crippen MR) is 99.6 cm³/mol. The number of amides is 1. The molecule has 1 aromatic carbocycles. The third-order valence-electron chi connectivity index (χ3n) is 5.06. The average molecular weight is 378 g/mol. The summed E-state index contributed by atoms with van der Waals surface area (Å²) in [5.41, 5.74) is 6.81. The minimum Gasteiger partial charge on any atom is -0.368 e. The van der Waals surface area contributed by atoms with Crippen molar-refractivity contribution in [2.45, 2.75) is 19.3 Å². The number of hydrogen-bond acceptors (Lipinski definition) is 3. The van der Waals surface area contributed by atoms with Crippen LogP contribution in [0.4, 0.5) is 10.1 Å². The maximum atomic E-state index is 13.0. The first kappa shape index (κ1) is 21.0. The fraction of sp³-hybridized carbons (Fsp3) is 0.588. The summed E-state index contributed by atoms with van der Waals surface area (Å²) in [6.45, 7) is 3.70. The summed E-state index contributed by atoms with van der Waals surface area (Å²) in [6, 6.07) is 6.57. The summed E-state index contributed by atoms with van der Waals surface area (Å²) in [4.78, 5) is 16.9. The van der Waals surface area contributed by atoms with Crippen molar-refractivity contribution in [3.63, 3.8) is 0 Å². The number of halogens is 3. The highest BCUT2D eigenvalue weighted by Crippen LogP contribution is 2.32. The van der Waals surface area contributed by atoms with Crippen molar-refractivity contribution in [2.75, 3.05) is 37.6 Å². The van der Waals surface area contributed by atoms with Crippen LogP contribution in [-0.4, -0.2) is 43.5 Å². The lowest BCUT2D eigenvalue weighted by Crippen LogP contribution is -2.51. The van der Waals surface area contributed by atoms with Crippen molar-refractivity contribution < 1.29 is 9.18 Å². The molecular formula is C17H26Cl2FN3O. The van der Waals surface area contributed by atoms with Gasteiger partial charge in [-0.3, -0.25) is 4.79 Å². The average Bonchev–Trinajstić information content (AvgIpc) is 3.04. The molecule has 2 N–H and O–H groups in total. The number of benzene rings is 1. The van der Waals surface area contributed by atoms with E-state index in [0.717, 1.165) is 51.1 Å². The van der Waals surface area contributed by atoms with Crippen LogP contribution in [0, 0.1) is 17.7 Å². The second-order valence-electron chi connectivity index (χ2n) is 6.32. The minimum absolute atomic E-state index is 0. The van der Waals surface area contributed by atoms with Crippen LogP contribution in [-0.2, 0) is 4.79 Å². The van der Waals surface area contributed by atoms with Crippen LogP contribution in [0.2, 0.25) is 0 Å². The highest BCUT2D eigenvalue weighted by atomic mass is 35.5. The van der Waals surface area contributed by atoms with E-state index < -0.39 is 0 Å². The van der Waals surface area contributed by atoms with Crippen molar-refractivity contribution in [3.05, 3.63) is 30.1 Å². The number of hydrogen-bond donors (Lipinski definition) is 1. The highest BCUT2D eigenvalue weighted by Gasteiger charge is 2.35. The van der Waals surface area contributed by atoms with Crippen molar-refractivity contribution in [1.82, 2.24) is 4.90 Å². The third kappa shape index (κ3) is 4.52. The van der Waals surface area contributed by atoms with E-state index >= 15 is 0 Å². The Morgan fingerprint density at radius 2 is 1.71 bits per heavy atom. The quantitative estimate of drug-likeness (QED) is 0.880. The lowest BCUT2D eigenvalue weighted by Gasteiger charge is -2.37. The van der Waals surface area contributed by atoms with Gasteiger partial charge in [0.1, 0.15) is 5.82 Å². The van der Waals surface area contributed by atoms with E-state index in [1.54, 1.807) is 12.1 Å². The van der Waals surface area contributed by atoms with Gasteiger partial charge in [0.2, 0.25) is 5.91 Å². The summed E-state index contributed by atoms with van der Waals surface area (Å²) in [7, 11) is 0. The third-order valence-corrected chi connectivity index (χ3v) is 5.06. The molecule has 1 saturated heterocycles. The smallest absolute Gasteiger partial charge is 0.226 e. The maximum Gasteiger partial charge on any atom is 0.226 e. The van der Waals surface area contributed by atoms with Crippen LogP contribution >= 0.6 is 24.8 Å². The molecule has 3 rings (SSSR count). The van der Waals surface area contributed by atoms with E-state index in [1.807, 2.05) is 4.90 Å². The van der Waals surface area contributed by atoms with Gasteiger partial charge in [0, 0.05) is 37.8 Å². The molecule has 0 bridgehead atoms. The zero-order chi connectivity index (χ0) is 15.5. The SMILES string of the molecule is Cl.Cl.NC[C@H]1CCC[C@H]1C(=O)N1CCN(c2ccc(F)cc2)CC1. The number of piperazine rings is 1. The summed E-state index contributed by atoms with van der Waals surface area (Å²) in [5, 5.41) is 0. The summed E-state index contributed by atoms with van der Waals surface area (Å²) in [5.74, 6) is 0.559. The Kier molecular flexibility index (Phi) is 8.27. The molecule has 2 aliphatic rings. The predicted octanol–water partition coefficient (Wildman–Crippen LogP) is 2.69. The van der Waals surface area contributed by atoms with Crippen molar-refractivity contribution in [1.29, 1.82) is 0 Å². The van der Waals surface area contributed by atoms with Crippen molar-refractivity contribution in [2.24, 2.45) is 17.6 Å². The lowest BCUT2D eigenvalue weighted by molar-refractivity contribution is -0.136. The Labute approximate surface area is 155 Å². The first-order valence-electron chi connectivity index (χ1n) is 8.18. The van der Waals surface area contributed by atoms with Crippen LogP contribution in [0.5, 0.6) is 0 Å². The molecule has 2 atom stereocenters. The van der Waals surface area contributed by atoms with Crippen LogP contribution in [0.25, 0.3) is 0 Å². The van der Waals surface area contributed by atoms with Crippen LogP contribution in [0.15, 0.2) is 24.3 Å². The minimum atomic E-state index is -0.216. The molecule has 1 aliphatic carbocycles. The van der Waals surface area contributed by atoms with Crippen molar-refractivity contribution in [3.8, 4) is 0 Å². The second-order valence-corrected chi connectivity index (χ2v) is 6.32. The van der Waals surface area contributed by atoms with Crippen LogP contribution in [0.3, 0.4) is 0 Å². The summed E-state index contributed by atoms with van der Waals surface area (Å²) >= 11 is 0. The first-order valence-corrected chi connectivity index (χ1v) is 8.18. The Morgan fingerprint density at radius 1 is 1.08 bits per heavy atom. The molecule has 4 nitrogen and oxygen atoms in total. The molecule has 7 heteroatoms. The summed E-state index contributed by atoms with van der Waals surface area (Å²) < 4.78 is 13.0.